The first kappa shape index (κ1) is 14.7. The summed E-state index contributed by atoms with van der Waals surface area (Å²) in [5.74, 6) is 2.18. The zero-order valence-electron chi connectivity index (χ0n) is 12.2. The molecule has 0 spiro atoms. The van der Waals surface area contributed by atoms with Crippen molar-refractivity contribution in [3.05, 3.63) is 35.4 Å². The number of rotatable bonds is 5. The van der Waals surface area contributed by atoms with Crippen molar-refractivity contribution in [1.82, 2.24) is 9.97 Å². The minimum atomic E-state index is 0.564. The molecular formula is C15H19N3OS. The Hall–Kier alpha value is -1.75. The highest BCUT2D eigenvalue weighted by Gasteiger charge is 2.07. The van der Waals surface area contributed by atoms with Crippen LogP contribution in [0.5, 0.6) is 11.6 Å². The van der Waals surface area contributed by atoms with Gasteiger partial charge in [0, 0.05) is 12.6 Å². The number of aromatic nitrogens is 2. The van der Waals surface area contributed by atoms with Crippen molar-refractivity contribution in [3.63, 3.8) is 0 Å². The van der Waals surface area contributed by atoms with Crippen molar-refractivity contribution in [1.29, 1.82) is 0 Å². The van der Waals surface area contributed by atoms with Gasteiger partial charge in [0.15, 0.2) is 5.16 Å². The maximum Gasteiger partial charge on any atom is 0.225 e. The molecule has 0 saturated carbocycles. The first-order valence-electron chi connectivity index (χ1n) is 6.54. The zero-order chi connectivity index (χ0) is 14.5. The van der Waals surface area contributed by atoms with Crippen LogP contribution in [0.15, 0.2) is 29.4 Å². The van der Waals surface area contributed by atoms with Crippen molar-refractivity contribution < 1.29 is 4.74 Å². The van der Waals surface area contributed by atoms with E-state index in [1.54, 1.807) is 0 Å². The number of hydrogen-bond acceptors (Lipinski definition) is 5. The quantitative estimate of drug-likeness (QED) is 0.665. The molecule has 1 aromatic heterocycles. The lowest BCUT2D eigenvalue weighted by Crippen LogP contribution is -2.02. The lowest BCUT2D eigenvalue weighted by atomic mass is 10.1. The average Bonchev–Trinajstić information content (AvgIpc) is 2.43. The second-order valence-electron chi connectivity index (χ2n) is 4.48. The minimum Gasteiger partial charge on any atom is -0.439 e. The van der Waals surface area contributed by atoms with Crippen LogP contribution in [0.1, 0.15) is 18.1 Å². The molecule has 2 rings (SSSR count). The Balaban J connectivity index is 2.32. The summed E-state index contributed by atoms with van der Waals surface area (Å²) in [5, 5.41) is 3.89. The summed E-state index contributed by atoms with van der Waals surface area (Å²) >= 11 is 1.50. The molecule has 1 N–H and O–H groups in total. The normalized spacial score (nSPS) is 10.4. The lowest BCUT2D eigenvalue weighted by molar-refractivity contribution is 0.452. The van der Waals surface area contributed by atoms with Crippen LogP contribution in [-0.4, -0.2) is 22.8 Å². The third kappa shape index (κ3) is 3.63. The Bertz CT molecular complexity index is 602. The Kier molecular flexibility index (Phi) is 4.84. The predicted octanol–water partition coefficient (Wildman–Crippen LogP) is 4.04. The van der Waals surface area contributed by atoms with E-state index < -0.39 is 0 Å². The number of ether oxygens (including phenoxy) is 1. The molecule has 0 fully saturated rings. The van der Waals surface area contributed by atoms with Crippen LogP contribution < -0.4 is 10.1 Å². The van der Waals surface area contributed by atoms with Crippen LogP contribution in [0.2, 0.25) is 0 Å². The van der Waals surface area contributed by atoms with Gasteiger partial charge in [-0.1, -0.05) is 23.9 Å². The second kappa shape index (κ2) is 6.61. The summed E-state index contributed by atoms with van der Waals surface area (Å²) in [4.78, 5) is 8.77. The molecule has 1 aromatic carbocycles. The van der Waals surface area contributed by atoms with E-state index in [2.05, 4.69) is 21.4 Å². The van der Waals surface area contributed by atoms with E-state index >= 15 is 0 Å². The van der Waals surface area contributed by atoms with E-state index in [1.807, 2.05) is 45.2 Å². The second-order valence-corrected chi connectivity index (χ2v) is 5.25. The van der Waals surface area contributed by atoms with E-state index in [0.717, 1.165) is 29.2 Å². The summed E-state index contributed by atoms with van der Waals surface area (Å²) in [6, 6.07) is 7.96. The number of benzene rings is 1. The van der Waals surface area contributed by atoms with Crippen molar-refractivity contribution in [2.75, 3.05) is 18.1 Å². The van der Waals surface area contributed by atoms with Gasteiger partial charge in [-0.2, -0.15) is 4.98 Å². The molecule has 5 heteroatoms. The molecule has 0 aliphatic carbocycles. The van der Waals surface area contributed by atoms with Crippen LogP contribution >= 0.6 is 11.8 Å². The topological polar surface area (TPSA) is 47.0 Å². The summed E-state index contributed by atoms with van der Waals surface area (Å²) in [7, 11) is 0. The third-order valence-electron chi connectivity index (χ3n) is 2.78. The maximum absolute atomic E-state index is 5.92. The molecule has 0 amide bonds. The highest BCUT2D eigenvalue weighted by molar-refractivity contribution is 7.98. The van der Waals surface area contributed by atoms with Gasteiger partial charge in [0.25, 0.3) is 0 Å². The molecule has 106 valence electrons. The van der Waals surface area contributed by atoms with Crippen LogP contribution in [0.3, 0.4) is 0 Å². The molecule has 0 bridgehead atoms. The van der Waals surface area contributed by atoms with E-state index in [1.165, 1.54) is 11.8 Å². The standard InChI is InChI=1S/C15H19N3OS/c1-5-16-13-9-14(18-15(17-13)20-4)19-12-8-10(2)6-7-11(12)3/h6-9H,5H2,1-4H3,(H,16,17,18). The summed E-state index contributed by atoms with van der Waals surface area (Å²) in [6.07, 6.45) is 1.95. The fourth-order valence-corrected chi connectivity index (χ4v) is 2.12. The van der Waals surface area contributed by atoms with Crippen molar-refractivity contribution in [3.8, 4) is 11.6 Å². The molecule has 0 saturated heterocycles. The van der Waals surface area contributed by atoms with Crippen molar-refractivity contribution in [2.24, 2.45) is 0 Å². The van der Waals surface area contributed by atoms with Crippen molar-refractivity contribution >= 4 is 17.6 Å². The Morgan fingerprint density at radius 2 is 2.00 bits per heavy atom. The molecule has 0 radical (unpaired) electrons. The van der Waals surface area contributed by atoms with E-state index in [0.29, 0.717) is 11.0 Å². The van der Waals surface area contributed by atoms with E-state index in [4.69, 9.17) is 4.74 Å². The molecule has 0 atom stereocenters. The Labute approximate surface area is 124 Å². The molecule has 0 aliphatic heterocycles. The molecule has 4 nitrogen and oxygen atoms in total. The number of hydrogen-bond donors (Lipinski definition) is 1. The average molecular weight is 289 g/mol. The smallest absolute Gasteiger partial charge is 0.225 e. The largest absolute Gasteiger partial charge is 0.439 e. The van der Waals surface area contributed by atoms with Crippen LogP contribution in [0, 0.1) is 13.8 Å². The minimum absolute atomic E-state index is 0.564. The molecule has 20 heavy (non-hydrogen) atoms. The Morgan fingerprint density at radius 3 is 2.70 bits per heavy atom. The summed E-state index contributed by atoms with van der Waals surface area (Å²) in [5.41, 5.74) is 2.25. The number of thioether (sulfide) groups is 1. The highest BCUT2D eigenvalue weighted by Crippen LogP contribution is 2.27. The molecule has 0 unspecified atom stereocenters. The number of nitrogens with one attached hydrogen (secondary N) is 1. The van der Waals surface area contributed by atoms with E-state index in [9.17, 15) is 0 Å². The summed E-state index contributed by atoms with van der Waals surface area (Å²) in [6.45, 7) is 6.92. The molecule has 1 heterocycles. The fraction of sp³-hybridized carbons (Fsp3) is 0.333. The highest BCUT2D eigenvalue weighted by atomic mass is 32.2. The van der Waals surface area contributed by atoms with Crippen LogP contribution in [0.4, 0.5) is 5.82 Å². The van der Waals surface area contributed by atoms with Gasteiger partial charge in [-0.05, 0) is 44.2 Å². The number of aryl methyl sites for hydroxylation is 2. The van der Waals surface area contributed by atoms with Crippen LogP contribution in [0.25, 0.3) is 0 Å². The first-order valence-corrected chi connectivity index (χ1v) is 7.77. The zero-order valence-corrected chi connectivity index (χ0v) is 13.0. The molecule has 2 aromatic rings. The van der Waals surface area contributed by atoms with Gasteiger partial charge in [-0.25, -0.2) is 4.98 Å². The molecular weight excluding hydrogens is 270 g/mol. The fourth-order valence-electron chi connectivity index (χ4n) is 1.75. The lowest BCUT2D eigenvalue weighted by Gasteiger charge is -2.11. The SMILES string of the molecule is CCNc1cc(Oc2cc(C)ccc2C)nc(SC)n1. The first-order chi connectivity index (χ1) is 9.62. The van der Waals surface area contributed by atoms with Gasteiger partial charge in [-0.15, -0.1) is 0 Å². The number of anilines is 1. The maximum atomic E-state index is 5.92. The number of nitrogens with zero attached hydrogens (tertiary/aromatic N) is 2. The van der Waals surface area contributed by atoms with Gasteiger partial charge in [0.2, 0.25) is 5.88 Å². The van der Waals surface area contributed by atoms with E-state index in [-0.39, 0.29) is 0 Å². The van der Waals surface area contributed by atoms with Gasteiger partial charge >= 0.3 is 0 Å². The summed E-state index contributed by atoms with van der Waals surface area (Å²) < 4.78 is 5.92. The van der Waals surface area contributed by atoms with Crippen molar-refractivity contribution in [2.45, 2.75) is 25.9 Å². The molecule has 0 aliphatic rings. The van der Waals surface area contributed by atoms with Gasteiger partial charge in [0.1, 0.15) is 11.6 Å². The van der Waals surface area contributed by atoms with Gasteiger partial charge < -0.3 is 10.1 Å². The van der Waals surface area contributed by atoms with Crippen LogP contribution in [-0.2, 0) is 0 Å². The Morgan fingerprint density at radius 1 is 1.20 bits per heavy atom. The predicted molar refractivity (Wildman–Crippen MR) is 84.0 cm³/mol. The van der Waals surface area contributed by atoms with Gasteiger partial charge in [0.05, 0.1) is 0 Å². The third-order valence-corrected chi connectivity index (χ3v) is 3.33. The van der Waals surface area contributed by atoms with Gasteiger partial charge in [-0.3, -0.25) is 0 Å². The monoisotopic (exact) mass is 289 g/mol.